The number of hydrogen-bond donors (Lipinski definition) is 2. The highest BCUT2D eigenvalue weighted by Crippen LogP contribution is 2.29. The third kappa shape index (κ3) is 6.64. The number of halogens is 1. The summed E-state index contributed by atoms with van der Waals surface area (Å²) in [5.41, 5.74) is 1.03. The monoisotopic (exact) mass is 536 g/mol. The fourth-order valence-electron chi connectivity index (χ4n) is 5.15. The molecule has 208 valence electrons. The lowest BCUT2D eigenvalue weighted by atomic mass is 9.86. The predicted octanol–water partition coefficient (Wildman–Crippen LogP) is 5.00. The number of benzene rings is 2. The van der Waals surface area contributed by atoms with E-state index in [1.807, 2.05) is 20.8 Å². The molecule has 1 atom stereocenters. The zero-order chi connectivity index (χ0) is 28.2. The van der Waals surface area contributed by atoms with Crippen molar-refractivity contribution < 1.29 is 23.5 Å². The van der Waals surface area contributed by atoms with Crippen LogP contribution in [0.3, 0.4) is 0 Å². The molecule has 1 aliphatic rings. The number of aromatic nitrogens is 2. The number of methoxy groups -OCH3 is 1. The zero-order valence-corrected chi connectivity index (χ0v) is 23.1. The summed E-state index contributed by atoms with van der Waals surface area (Å²) in [5.74, 6) is -1.34. The van der Waals surface area contributed by atoms with Gasteiger partial charge in [-0.25, -0.2) is 9.18 Å². The Hall–Kier alpha value is -3.75. The maximum absolute atomic E-state index is 14.9. The first-order valence-electron chi connectivity index (χ1n) is 13.5. The van der Waals surface area contributed by atoms with Gasteiger partial charge in [-0.15, -0.1) is 0 Å². The van der Waals surface area contributed by atoms with Gasteiger partial charge in [-0.05, 0) is 47.9 Å². The second-order valence-electron chi connectivity index (χ2n) is 11.3. The zero-order valence-electron chi connectivity index (χ0n) is 23.1. The molecule has 1 aromatic heterocycles. The minimum atomic E-state index is -0.869. The molecule has 3 aromatic rings. The van der Waals surface area contributed by atoms with Crippen LogP contribution in [-0.4, -0.2) is 40.7 Å². The van der Waals surface area contributed by atoms with Gasteiger partial charge >= 0.3 is 5.97 Å². The lowest BCUT2D eigenvalue weighted by Crippen LogP contribution is -2.53. The van der Waals surface area contributed by atoms with Crippen molar-refractivity contribution in [3.8, 4) is 0 Å². The Labute approximate surface area is 228 Å². The normalized spacial score (nSPS) is 15.1. The van der Waals surface area contributed by atoms with Gasteiger partial charge in [0.15, 0.2) is 5.69 Å². The van der Waals surface area contributed by atoms with E-state index in [1.54, 1.807) is 41.1 Å². The Balaban J connectivity index is 1.51. The molecule has 2 amide bonds. The van der Waals surface area contributed by atoms with E-state index in [4.69, 9.17) is 4.74 Å². The largest absolute Gasteiger partial charge is 0.465 e. The van der Waals surface area contributed by atoms with E-state index in [1.165, 1.54) is 19.6 Å². The van der Waals surface area contributed by atoms with Crippen molar-refractivity contribution in [3.05, 3.63) is 65.1 Å². The van der Waals surface area contributed by atoms with Crippen LogP contribution in [-0.2, 0) is 22.6 Å². The van der Waals surface area contributed by atoms with Crippen LogP contribution in [0.5, 0.6) is 0 Å². The van der Waals surface area contributed by atoms with Gasteiger partial charge in [0, 0.05) is 18.5 Å². The fraction of sp³-hybridized carbons (Fsp3) is 0.467. The number of fused-ring (bicyclic) bond motifs is 1. The molecule has 4 rings (SSSR count). The molecule has 0 unspecified atom stereocenters. The first-order chi connectivity index (χ1) is 18.6. The van der Waals surface area contributed by atoms with Crippen molar-refractivity contribution in [2.75, 3.05) is 7.11 Å². The molecule has 1 heterocycles. The number of rotatable bonds is 8. The quantitative estimate of drug-likeness (QED) is 0.395. The van der Waals surface area contributed by atoms with E-state index < -0.39 is 29.2 Å². The summed E-state index contributed by atoms with van der Waals surface area (Å²) >= 11 is 0. The molecule has 1 fully saturated rings. The summed E-state index contributed by atoms with van der Waals surface area (Å²) in [7, 11) is 1.32. The number of ether oxygens (including phenoxy) is 1. The summed E-state index contributed by atoms with van der Waals surface area (Å²) in [4.78, 5) is 38.4. The molecular formula is C30H37FN4O4. The van der Waals surface area contributed by atoms with Gasteiger partial charge in [-0.2, -0.15) is 5.10 Å². The minimum Gasteiger partial charge on any atom is -0.465 e. The highest BCUT2D eigenvalue weighted by atomic mass is 19.1. The van der Waals surface area contributed by atoms with Gasteiger partial charge in [-0.3, -0.25) is 14.3 Å². The molecule has 0 spiro atoms. The Morgan fingerprint density at radius 1 is 1.08 bits per heavy atom. The molecule has 39 heavy (non-hydrogen) atoms. The summed E-state index contributed by atoms with van der Waals surface area (Å²) in [5, 5.41) is 10.7. The fourth-order valence-corrected chi connectivity index (χ4v) is 5.15. The van der Waals surface area contributed by atoms with Crippen LogP contribution in [0.2, 0.25) is 0 Å². The SMILES string of the molecule is COC(=O)c1ccc(CNC(=O)[C@@H](NC(=O)c2nn(CC3CCCCC3)c3c(F)cccc23)C(C)(C)C)cc1. The van der Waals surface area contributed by atoms with Crippen LogP contribution in [0, 0.1) is 17.2 Å². The Bertz CT molecular complexity index is 1340. The molecule has 0 radical (unpaired) electrons. The van der Waals surface area contributed by atoms with Crippen LogP contribution in [0.1, 0.15) is 79.3 Å². The van der Waals surface area contributed by atoms with E-state index in [-0.39, 0.29) is 18.1 Å². The van der Waals surface area contributed by atoms with Crippen molar-refractivity contribution in [3.63, 3.8) is 0 Å². The van der Waals surface area contributed by atoms with Crippen LogP contribution in [0.4, 0.5) is 4.39 Å². The van der Waals surface area contributed by atoms with Gasteiger partial charge in [0.2, 0.25) is 5.91 Å². The van der Waals surface area contributed by atoms with Gasteiger partial charge in [0.05, 0.1) is 12.7 Å². The number of carbonyl (C=O) groups is 3. The first kappa shape index (κ1) is 28.3. The van der Waals surface area contributed by atoms with E-state index in [9.17, 15) is 18.8 Å². The summed E-state index contributed by atoms with van der Waals surface area (Å²) in [6.45, 7) is 6.36. The third-order valence-corrected chi connectivity index (χ3v) is 7.34. The molecule has 0 saturated heterocycles. The number of para-hydroxylation sites is 1. The van der Waals surface area contributed by atoms with Crippen molar-refractivity contribution in [1.29, 1.82) is 0 Å². The molecule has 8 nitrogen and oxygen atoms in total. The summed E-state index contributed by atoms with van der Waals surface area (Å²) < 4.78 is 21.3. The maximum atomic E-state index is 14.9. The number of nitrogens with zero attached hydrogens (tertiary/aromatic N) is 2. The second kappa shape index (κ2) is 12.0. The van der Waals surface area contributed by atoms with Crippen molar-refractivity contribution in [2.24, 2.45) is 11.3 Å². The lowest BCUT2D eigenvalue weighted by molar-refractivity contribution is -0.125. The van der Waals surface area contributed by atoms with Crippen LogP contribution < -0.4 is 10.6 Å². The van der Waals surface area contributed by atoms with E-state index in [0.717, 1.165) is 31.2 Å². The Kier molecular flexibility index (Phi) is 8.67. The van der Waals surface area contributed by atoms with Gasteiger partial charge in [0.1, 0.15) is 17.4 Å². The number of carbonyl (C=O) groups excluding carboxylic acids is 3. The highest BCUT2D eigenvalue weighted by molar-refractivity contribution is 6.06. The Morgan fingerprint density at radius 2 is 1.77 bits per heavy atom. The summed E-state index contributed by atoms with van der Waals surface area (Å²) in [6.07, 6.45) is 5.65. The Morgan fingerprint density at radius 3 is 2.41 bits per heavy atom. The van der Waals surface area contributed by atoms with Crippen molar-refractivity contribution >= 4 is 28.7 Å². The topological polar surface area (TPSA) is 102 Å². The lowest BCUT2D eigenvalue weighted by Gasteiger charge is -2.30. The molecular weight excluding hydrogens is 499 g/mol. The van der Waals surface area contributed by atoms with E-state index in [2.05, 4.69) is 15.7 Å². The van der Waals surface area contributed by atoms with Crippen LogP contribution in [0.25, 0.3) is 10.9 Å². The maximum Gasteiger partial charge on any atom is 0.337 e. The smallest absolute Gasteiger partial charge is 0.337 e. The standard InChI is InChI=1S/C30H37FN4O4/c1-30(2,3)26(28(37)32-17-19-13-15-21(16-14-19)29(38)39-4)33-27(36)24-22-11-8-12-23(31)25(22)35(34-24)18-20-9-6-5-7-10-20/h8,11-16,20,26H,5-7,9-10,17-18H2,1-4H3,(H,32,37)(H,33,36)/t26-/m1/s1. The third-order valence-electron chi connectivity index (χ3n) is 7.34. The number of hydrogen-bond acceptors (Lipinski definition) is 5. The summed E-state index contributed by atoms with van der Waals surface area (Å²) in [6, 6.07) is 10.5. The average molecular weight is 537 g/mol. The van der Waals surface area contributed by atoms with Crippen molar-refractivity contribution in [1.82, 2.24) is 20.4 Å². The average Bonchev–Trinajstić information content (AvgIpc) is 3.29. The van der Waals surface area contributed by atoms with Gasteiger partial charge in [0.25, 0.3) is 5.91 Å². The van der Waals surface area contributed by atoms with Crippen LogP contribution in [0.15, 0.2) is 42.5 Å². The number of esters is 1. The molecule has 0 bridgehead atoms. The first-order valence-corrected chi connectivity index (χ1v) is 13.5. The molecule has 2 aromatic carbocycles. The highest BCUT2D eigenvalue weighted by Gasteiger charge is 2.34. The number of nitrogens with one attached hydrogen (secondary N) is 2. The number of amides is 2. The molecule has 1 aliphatic carbocycles. The van der Waals surface area contributed by atoms with E-state index >= 15 is 0 Å². The minimum absolute atomic E-state index is 0.112. The van der Waals surface area contributed by atoms with Crippen LogP contribution >= 0.6 is 0 Å². The van der Waals surface area contributed by atoms with Gasteiger partial charge < -0.3 is 15.4 Å². The van der Waals surface area contributed by atoms with Crippen molar-refractivity contribution in [2.45, 2.75) is 72.0 Å². The van der Waals surface area contributed by atoms with E-state index in [0.29, 0.717) is 28.9 Å². The molecule has 9 heteroatoms. The van der Waals surface area contributed by atoms with Gasteiger partial charge in [-0.1, -0.05) is 64.3 Å². The second-order valence-corrected chi connectivity index (χ2v) is 11.3. The molecule has 1 saturated carbocycles. The molecule has 2 N–H and O–H groups in total. The predicted molar refractivity (Wildman–Crippen MR) is 147 cm³/mol. The molecule has 0 aliphatic heterocycles.